The molecular formula is C15H13N2+. The predicted octanol–water partition coefficient (Wildman–Crippen LogP) is 2.57. The first-order valence-corrected chi connectivity index (χ1v) is 5.69. The Morgan fingerprint density at radius 3 is 2.53 bits per heavy atom. The zero-order valence-corrected chi connectivity index (χ0v) is 9.45. The minimum Gasteiger partial charge on any atom is -0.252 e. The van der Waals surface area contributed by atoms with Gasteiger partial charge >= 0.3 is 0 Å². The van der Waals surface area contributed by atoms with Crippen molar-refractivity contribution in [2.24, 2.45) is 0 Å². The molecule has 0 saturated carbocycles. The Hall–Kier alpha value is -2.22. The Morgan fingerprint density at radius 2 is 1.65 bits per heavy atom. The van der Waals surface area contributed by atoms with E-state index in [-0.39, 0.29) is 0 Å². The van der Waals surface area contributed by atoms with Gasteiger partial charge in [0.15, 0.2) is 18.9 Å². The summed E-state index contributed by atoms with van der Waals surface area (Å²) in [6, 6.07) is 14.9. The second-order valence-electron chi connectivity index (χ2n) is 4.06. The monoisotopic (exact) mass is 221 g/mol. The molecule has 0 spiro atoms. The smallest absolute Gasteiger partial charge is 0.187 e. The average molecular weight is 221 g/mol. The van der Waals surface area contributed by atoms with Crippen LogP contribution in [0.5, 0.6) is 0 Å². The molecule has 3 aromatic rings. The Morgan fingerprint density at radius 1 is 0.882 bits per heavy atom. The van der Waals surface area contributed by atoms with Crippen LogP contribution in [0.3, 0.4) is 0 Å². The first kappa shape index (κ1) is 9.97. The molecule has 0 saturated heterocycles. The molecule has 0 aliphatic rings. The van der Waals surface area contributed by atoms with Crippen LogP contribution in [-0.2, 0) is 6.54 Å². The molecule has 82 valence electrons. The molecule has 0 aliphatic carbocycles. The zero-order chi connectivity index (χ0) is 11.5. The number of fused-ring (bicyclic) bond motifs is 1. The SMILES string of the molecule is c1ccc2c(C[n+]3ccncc3)cccc2c1. The highest BCUT2D eigenvalue weighted by atomic mass is 14.9. The lowest BCUT2D eigenvalue weighted by atomic mass is 10.0. The van der Waals surface area contributed by atoms with Gasteiger partial charge in [0, 0.05) is 5.56 Å². The largest absolute Gasteiger partial charge is 0.252 e. The summed E-state index contributed by atoms with van der Waals surface area (Å²) >= 11 is 0. The van der Waals surface area contributed by atoms with Crippen LogP contribution in [0.25, 0.3) is 10.8 Å². The van der Waals surface area contributed by atoms with E-state index in [1.54, 1.807) is 0 Å². The lowest BCUT2D eigenvalue weighted by Gasteiger charge is -2.03. The molecule has 0 amide bonds. The summed E-state index contributed by atoms with van der Waals surface area (Å²) in [4.78, 5) is 4.03. The number of aromatic nitrogens is 2. The third-order valence-corrected chi connectivity index (χ3v) is 2.92. The van der Waals surface area contributed by atoms with Gasteiger partial charge in [-0.15, -0.1) is 0 Å². The quantitative estimate of drug-likeness (QED) is 0.608. The molecule has 3 rings (SSSR count). The molecule has 1 aromatic heterocycles. The van der Waals surface area contributed by atoms with E-state index in [1.165, 1.54) is 16.3 Å². The van der Waals surface area contributed by atoms with Crippen molar-refractivity contribution in [2.45, 2.75) is 6.54 Å². The van der Waals surface area contributed by atoms with Gasteiger partial charge in [0.05, 0.1) is 12.4 Å². The van der Waals surface area contributed by atoms with Crippen LogP contribution < -0.4 is 4.57 Å². The van der Waals surface area contributed by atoms with Crippen LogP contribution >= 0.6 is 0 Å². The molecule has 0 bridgehead atoms. The fourth-order valence-corrected chi connectivity index (χ4v) is 2.08. The van der Waals surface area contributed by atoms with Gasteiger partial charge in [-0.2, -0.15) is 4.57 Å². The first-order chi connectivity index (χ1) is 8.43. The molecule has 0 N–H and O–H groups in total. The van der Waals surface area contributed by atoms with Crippen molar-refractivity contribution < 1.29 is 4.57 Å². The first-order valence-electron chi connectivity index (χ1n) is 5.69. The number of rotatable bonds is 2. The second kappa shape index (κ2) is 4.34. The van der Waals surface area contributed by atoms with Crippen LogP contribution in [0.4, 0.5) is 0 Å². The molecule has 2 nitrogen and oxygen atoms in total. The third kappa shape index (κ3) is 2.02. The molecule has 0 aliphatic heterocycles. The van der Waals surface area contributed by atoms with Crippen LogP contribution in [0, 0.1) is 0 Å². The van der Waals surface area contributed by atoms with Crippen molar-refractivity contribution in [3.05, 3.63) is 72.8 Å². The van der Waals surface area contributed by atoms with Crippen molar-refractivity contribution in [1.29, 1.82) is 0 Å². The van der Waals surface area contributed by atoms with Gasteiger partial charge in [-0.3, -0.25) is 4.98 Å². The lowest BCUT2D eigenvalue weighted by Crippen LogP contribution is -2.33. The van der Waals surface area contributed by atoms with Gasteiger partial charge in [-0.25, -0.2) is 0 Å². The molecule has 0 unspecified atom stereocenters. The second-order valence-corrected chi connectivity index (χ2v) is 4.06. The molecule has 2 aromatic carbocycles. The van der Waals surface area contributed by atoms with Crippen LogP contribution in [-0.4, -0.2) is 4.98 Å². The Bertz CT molecular complexity index is 627. The van der Waals surface area contributed by atoms with Crippen LogP contribution in [0.1, 0.15) is 5.56 Å². The minimum atomic E-state index is 0.879. The standard InChI is InChI=1S/C15H13N2/c1-2-7-15-13(4-1)5-3-6-14(15)12-17-10-8-16-9-11-17/h1-11H,12H2/q+1. The summed E-state index contributed by atoms with van der Waals surface area (Å²) in [6.07, 6.45) is 7.60. The summed E-state index contributed by atoms with van der Waals surface area (Å²) in [7, 11) is 0. The van der Waals surface area contributed by atoms with E-state index in [1.807, 2.05) is 24.8 Å². The number of hydrogen-bond acceptors (Lipinski definition) is 1. The molecule has 0 radical (unpaired) electrons. The maximum atomic E-state index is 4.03. The van der Waals surface area contributed by atoms with E-state index in [9.17, 15) is 0 Å². The van der Waals surface area contributed by atoms with Crippen molar-refractivity contribution in [2.75, 3.05) is 0 Å². The summed E-state index contributed by atoms with van der Waals surface area (Å²) in [6.45, 7) is 0.879. The topological polar surface area (TPSA) is 16.8 Å². The molecule has 0 fully saturated rings. The van der Waals surface area contributed by atoms with Crippen LogP contribution in [0.15, 0.2) is 67.3 Å². The van der Waals surface area contributed by atoms with Gasteiger partial charge in [0.1, 0.15) is 0 Å². The zero-order valence-electron chi connectivity index (χ0n) is 9.45. The average Bonchev–Trinajstić information content (AvgIpc) is 2.40. The summed E-state index contributed by atoms with van der Waals surface area (Å²) in [5.74, 6) is 0. The highest BCUT2D eigenvalue weighted by Gasteiger charge is 2.05. The van der Waals surface area contributed by atoms with Crippen molar-refractivity contribution in [1.82, 2.24) is 4.98 Å². The van der Waals surface area contributed by atoms with E-state index < -0.39 is 0 Å². The molecule has 0 atom stereocenters. The van der Waals surface area contributed by atoms with Crippen LogP contribution in [0.2, 0.25) is 0 Å². The summed E-state index contributed by atoms with van der Waals surface area (Å²) in [5.41, 5.74) is 1.33. The summed E-state index contributed by atoms with van der Waals surface area (Å²) < 4.78 is 2.13. The number of benzene rings is 2. The van der Waals surface area contributed by atoms with E-state index in [0.29, 0.717) is 0 Å². The molecule has 17 heavy (non-hydrogen) atoms. The fourth-order valence-electron chi connectivity index (χ4n) is 2.08. The van der Waals surface area contributed by atoms with Gasteiger partial charge in [-0.1, -0.05) is 42.5 Å². The predicted molar refractivity (Wildman–Crippen MR) is 67.5 cm³/mol. The van der Waals surface area contributed by atoms with E-state index in [2.05, 4.69) is 52.0 Å². The fraction of sp³-hybridized carbons (Fsp3) is 0.0667. The normalized spacial score (nSPS) is 10.6. The lowest BCUT2D eigenvalue weighted by molar-refractivity contribution is -0.688. The Balaban J connectivity index is 2.06. The third-order valence-electron chi connectivity index (χ3n) is 2.92. The molecular weight excluding hydrogens is 208 g/mol. The Kier molecular flexibility index (Phi) is 2.54. The maximum Gasteiger partial charge on any atom is 0.187 e. The molecule has 2 heteroatoms. The highest BCUT2D eigenvalue weighted by Crippen LogP contribution is 2.17. The van der Waals surface area contributed by atoms with Gasteiger partial charge in [0.25, 0.3) is 0 Å². The van der Waals surface area contributed by atoms with Gasteiger partial charge in [-0.05, 0) is 10.8 Å². The minimum absolute atomic E-state index is 0.879. The maximum absolute atomic E-state index is 4.03. The van der Waals surface area contributed by atoms with Crippen molar-refractivity contribution >= 4 is 10.8 Å². The molecule has 1 heterocycles. The highest BCUT2D eigenvalue weighted by molar-refractivity contribution is 5.85. The van der Waals surface area contributed by atoms with E-state index in [0.717, 1.165) is 6.54 Å². The van der Waals surface area contributed by atoms with Crippen molar-refractivity contribution in [3.63, 3.8) is 0 Å². The number of nitrogens with zero attached hydrogens (tertiary/aromatic N) is 2. The van der Waals surface area contributed by atoms with E-state index >= 15 is 0 Å². The van der Waals surface area contributed by atoms with Crippen molar-refractivity contribution in [3.8, 4) is 0 Å². The van der Waals surface area contributed by atoms with Gasteiger partial charge in [0.2, 0.25) is 0 Å². The summed E-state index contributed by atoms with van der Waals surface area (Å²) in [5, 5.41) is 2.61. The number of hydrogen-bond donors (Lipinski definition) is 0. The van der Waals surface area contributed by atoms with Gasteiger partial charge < -0.3 is 0 Å². The Labute approximate surface area is 100 Å². The van der Waals surface area contributed by atoms with E-state index in [4.69, 9.17) is 0 Å².